The number of amides is 1. The molecule has 1 aromatic carbocycles. The van der Waals surface area contributed by atoms with Gasteiger partial charge in [-0.25, -0.2) is 10.5 Å². The van der Waals surface area contributed by atoms with Crippen LogP contribution in [-0.2, 0) is 24.7 Å². The molecule has 0 spiro atoms. The highest BCUT2D eigenvalue weighted by molar-refractivity contribution is 7.13. The van der Waals surface area contributed by atoms with Gasteiger partial charge in [0.2, 0.25) is 0 Å². The van der Waals surface area contributed by atoms with Gasteiger partial charge in [-0.05, 0) is 18.2 Å². The topological polar surface area (TPSA) is 69.0 Å². The number of hydrogen-bond donors (Lipinski definition) is 1. The zero-order valence-corrected chi connectivity index (χ0v) is 14.3. The molecule has 3 rings (SSSR count). The lowest BCUT2D eigenvalue weighted by Crippen LogP contribution is -2.24. The van der Waals surface area contributed by atoms with Gasteiger partial charge in [0.05, 0.1) is 17.5 Å². The summed E-state index contributed by atoms with van der Waals surface area (Å²) >= 11 is 1.39. The van der Waals surface area contributed by atoms with Gasteiger partial charge < -0.3 is 0 Å². The van der Waals surface area contributed by atoms with Gasteiger partial charge in [0.1, 0.15) is 11.6 Å². The predicted molar refractivity (Wildman–Crippen MR) is 88.0 cm³/mol. The summed E-state index contributed by atoms with van der Waals surface area (Å²) in [5.74, 6) is -0.765. The Balaban J connectivity index is 1.57. The summed E-state index contributed by atoms with van der Waals surface area (Å²) in [6.07, 6.45) is -1.02. The van der Waals surface area contributed by atoms with Crippen molar-refractivity contribution in [1.29, 1.82) is 0 Å². The maximum Gasteiger partial charge on any atom is 0.416 e. The van der Waals surface area contributed by atoms with E-state index in [0.717, 1.165) is 22.7 Å². The number of aryl methyl sites for hydroxylation is 1. The zero-order valence-electron chi connectivity index (χ0n) is 13.4. The third kappa shape index (κ3) is 4.27. The molecule has 26 heavy (non-hydrogen) atoms. The first-order valence-electron chi connectivity index (χ1n) is 7.36. The molecule has 0 atom stereocenters. The van der Waals surface area contributed by atoms with Crippen molar-refractivity contribution in [3.63, 3.8) is 0 Å². The molecule has 3 aromatic rings. The van der Waals surface area contributed by atoms with Crippen LogP contribution in [0.1, 0.15) is 21.6 Å². The largest absolute Gasteiger partial charge is 0.416 e. The van der Waals surface area contributed by atoms with Crippen LogP contribution in [0.4, 0.5) is 13.2 Å². The average molecular weight is 382 g/mol. The second-order valence-corrected chi connectivity index (χ2v) is 6.20. The van der Waals surface area contributed by atoms with Crippen molar-refractivity contribution in [3.8, 4) is 10.6 Å². The van der Waals surface area contributed by atoms with Crippen LogP contribution in [-0.4, -0.2) is 20.7 Å². The molecule has 0 unspecified atom stereocenters. The summed E-state index contributed by atoms with van der Waals surface area (Å²) in [5.41, 5.74) is 2.52. The first kappa shape index (κ1) is 18.1. The Morgan fingerprint density at radius 2 is 2.19 bits per heavy atom. The maximum absolute atomic E-state index is 12.7. The van der Waals surface area contributed by atoms with Crippen LogP contribution >= 0.6 is 11.3 Å². The van der Waals surface area contributed by atoms with Gasteiger partial charge in [-0.2, -0.15) is 18.3 Å². The van der Waals surface area contributed by atoms with Crippen LogP contribution in [0, 0.1) is 0 Å². The fourth-order valence-corrected chi connectivity index (χ4v) is 2.89. The number of hydroxylamine groups is 1. The Hall–Kier alpha value is -2.72. The highest BCUT2D eigenvalue weighted by Gasteiger charge is 2.30. The molecular formula is C16H13F3N4O2S. The minimum Gasteiger partial charge on any atom is -0.275 e. The third-order valence-corrected chi connectivity index (χ3v) is 4.28. The van der Waals surface area contributed by atoms with E-state index < -0.39 is 17.6 Å². The summed E-state index contributed by atoms with van der Waals surface area (Å²) < 4.78 is 39.7. The Kier molecular flexibility index (Phi) is 5.05. The van der Waals surface area contributed by atoms with Crippen molar-refractivity contribution in [2.75, 3.05) is 0 Å². The number of thiazole rings is 1. The van der Waals surface area contributed by atoms with Crippen molar-refractivity contribution in [3.05, 3.63) is 58.9 Å². The van der Waals surface area contributed by atoms with Gasteiger partial charge >= 0.3 is 6.18 Å². The molecule has 1 amide bonds. The van der Waals surface area contributed by atoms with Crippen molar-refractivity contribution in [2.24, 2.45) is 7.05 Å². The molecule has 2 aromatic heterocycles. The number of rotatable bonds is 5. The van der Waals surface area contributed by atoms with Crippen LogP contribution in [0.25, 0.3) is 10.6 Å². The van der Waals surface area contributed by atoms with E-state index in [4.69, 9.17) is 4.84 Å². The number of alkyl halides is 3. The van der Waals surface area contributed by atoms with Crippen LogP contribution in [0.3, 0.4) is 0 Å². The minimum absolute atomic E-state index is 0.0124. The normalized spacial score (nSPS) is 11.5. The van der Waals surface area contributed by atoms with Crippen molar-refractivity contribution in [1.82, 2.24) is 20.2 Å². The van der Waals surface area contributed by atoms with Crippen molar-refractivity contribution < 1.29 is 22.8 Å². The Morgan fingerprint density at radius 3 is 2.88 bits per heavy atom. The van der Waals surface area contributed by atoms with E-state index >= 15 is 0 Å². The Bertz CT molecular complexity index is 920. The molecule has 0 aliphatic rings. The van der Waals surface area contributed by atoms with E-state index in [1.165, 1.54) is 23.5 Å². The van der Waals surface area contributed by atoms with Crippen LogP contribution in [0.2, 0.25) is 0 Å². The fraction of sp³-hybridized carbons (Fsp3) is 0.188. The summed E-state index contributed by atoms with van der Waals surface area (Å²) in [6.45, 7) is -0.0124. The molecule has 0 saturated carbocycles. The van der Waals surface area contributed by atoms with Gasteiger partial charge in [-0.1, -0.05) is 6.07 Å². The lowest BCUT2D eigenvalue weighted by molar-refractivity contribution is -0.137. The number of carbonyl (C=O) groups is 1. The first-order chi connectivity index (χ1) is 12.3. The third-order valence-electron chi connectivity index (χ3n) is 3.34. The molecule has 0 saturated heterocycles. The number of halogens is 3. The van der Waals surface area contributed by atoms with Crippen molar-refractivity contribution >= 4 is 17.2 Å². The second-order valence-electron chi connectivity index (χ2n) is 5.35. The Labute approximate surface area is 150 Å². The molecular weight excluding hydrogens is 369 g/mol. The standard InChI is InChI=1S/C16H13F3N4O2S/c1-23-7-11(6-20-23)15-21-13(9-26-15)8-25-22-14(24)10-3-2-4-12(5-10)16(17,18)19/h2-7,9H,8H2,1H3,(H,22,24). The van der Waals surface area contributed by atoms with Crippen LogP contribution in [0.15, 0.2) is 42.0 Å². The SMILES string of the molecule is Cn1cc(-c2nc(CONC(=O)c3cccc(C(F)(F)F)c3)cs2)cn1. The fourth-order valence-electron chi connectivity index (χ4n) is 2.11. The van der Waals surface area contributed by atoms with Crippen molar-refractivity contribution in [2.45, 2.75) is 12.8 Å². The Morgan fingerprint density at radius 1 is 1.38 bits per heavy atom. The molecule has 136 valence electrons. The lowest BCUT2D eigenvalue weighted by atomic mass is 10.1. The first-order valence-corrected chi connectivity index (χ1v) is 8.24. The molecule has 0 fully saturated rings. The predicted octanol–water partition coefficient (Wildman–Crippen LogP) is 3.42. The van der Waals surface area contributed by atoms with Gasteiger partial charge in [0.25, 0.3) is 5.91 Å². The number of aromatic nitrogens is 3. The summed E-state index contributed by atoms with van der Waals surface area (Å²) in [6, 6.07) is 4.10. The number of nitrogens with one attached hydrogen (secondary N) is 1. The van der Waals surface area contributed by atoms with Crippen LogP contribution in [0.5, 0.6) is 0 Å². The summed E-state index contributed by atoms with van der Waals surface area (Å²) in [5, 5.41) is 6.57. The highest BCUT2D eigenvalue weighted by atomic mass is 32.1. The molecule has 6 nitrogen and oxygen atoms in total. The molecule has 1 N–H and O–H groups in total. The van der Waals surface area contributed by atoms with E-state index in [1.807, 2.05) is 6.20 Å². The zero-order chi connectivity index (χ0) is 18.7. The monoisotopic (exact) mass is 382 g/mol. The number of benzene rings is 1. The molecule has 2 heterocycles. The van der Waals surface area contributed by atoms with E-state index in [9.17, 15) is 18.0 Å². The van der Waals surface area contributed by atoms with Crippen LogP contribution < -0.4 is 5.48 Å². The quantitative estimate of drug-likeness (QED) is 0.687. The number of carbonyl (C=O) groups excluding carboxylic acids is 1. The number of nitrogens with zero attached hydrogens (tertiary/aromatic N) is 3. The highest BCUT2D eigenvalue weighted by Crippen LogP contribution is 2.29. The van der Waals surface area contributed by atoms with E-state index in [1.54, 1.807) is 23.3 Å². The molecule has 10 heteroatoms. The van der Waals surface area contributed by atoms with E-state index in [2.05, 4.69) is 15.6 Å². The average Bonchev–Trinajstić information content (AvgIpc) is 3.23. The van der Waals surface area contributed by atoms with Gasteiger partial charge in [0, 0.05) is 29.8 Å². The maximum atomic E-state index is 12.7. The summed E-state index contributed by atoms with van der Waals surface area (Å²) in [7, 11) is 1.80. The molecule has 0 aliphatic carbocycles. The van der Waals surface area contributed by atoms with Gasteiger partial charge in [-0.15, -0.1) is 11.3 Å². The van der Waals surface area contributed by atoms with Gasteiger partial charge in [0.15, 0.2) is 0 Å². The molecule has 0 radical (unpaired) electrons. The molecule has 0 aliphatic heterocycles. The molecule has 0 bridgehead atoms. The van der Waals surface area contributed by atoms with E-state index in [-0.39, 0.29) is 12.2 Å². The summed E-state index contributed by atoms with van der Waals surface area (Å²) in [4.78, 5) is 21.3. The van der Waals surface area contributed by atoms with Gasteiger partial charge in [-0.3, -0.25) is 14.3 Å². The lowest BCUT2D eigenvalue weighted by Gasteiger charge is -2.09. The second kappa shape index (κ2) is 7.26. The van der Waals surface area contributed by atoms with E-state index in [0.29, 0.717) is 5.69 Å². The smallest absolute Gasteiger partial charge is 0.275 e. The minimum atomic E-state index is -4.51. The number of hydrogen-bond acceptors (Lipinski definition) is 5.